The van der Waals surface area contributed by atoms with Gasteiger partial charge in [0.2, 0.25) is 11.7 Å². The van der Waals surface area contributed by atoms with Crippen LogP contribution in [0, 0.1) is 11.8 Å². The number of amides is 1. The number of fused-ring (bicyclic) bond motifs is 1. The van der Waals surface area contributed by atoms with E-state index in [9.17, 15) is 23.1 Å². The molecular formula is C20H22F3N3O2. The highest BCUT2D eigenvalue weighted by Gasteiger charge is 2.40. The van der Waals surface area contributed by atoms with E-state index < -0.39 is 12.0 Å². The molecule has 1 aliphatic heterocycles. The van der Waals surface area contributed by atoms with Crippen LogP contribution in [0.15, 0.2) is 30.5 Å². The van der Waals surface area contributed by atoms with Crippen molar-refractivity contribution in [2.45, 2.75) is 44.9 Å². The van der Waals surface area contributed by atoms with E-state index in [4.69, 9.17) is 0 Å². The molecule has 1 fully saturated rings. The lowest BCUT2D eigenvalue weighted by atomic mass is 9.94. The number of nitrogens with zero attached hydrogens (tertiary/aromatic N) is 3. The van der Waals surface area contributed by atoms with Crippen molar-refractivity contribution < 1.29 is 23.1 Å². The summed E-state index contributed by atoms with van der Waals surface area (Å²) in [5, 5.41) is 9.68. The van der Waals surface area contributed by atoms with E-state index in [2.05, 4.69) is 4.98 Å². The van der Waals surface area contributed by atoms with Crippen molar-refractivity contribution in [2.24, 2.45) is 11.8 Å². The molecule has 5 nitrogen and oxygen atoms in total. The molecule has 8 heteroatoms. The van der Waals surface area contributed by atoms with Crippen LogP contribution in [0.1, 0.15) is 36.3 Å². The highest BCUT2D eigenvalue weighted by molar-refractivity contribution is 5.79. The van der Waals surface area contributed by atoms with Crippen LogP contribution in [0.5, 0.6) is 5.75 Å². The number of phenols is 1. The number of carbonyl (C=O) groups is 1. The minimum atomic E-state index is -4.48. The van der Waals surface area contributed by atoms with Crippen LogP contribution in [-0.2, 0) is 30.5 Å². The van der Waals surface area contributed by atoms with E-state index in [0.717, 1.165) is 18.4 Å². The Bertz CT molecular complexity index is 874. The largest absolute Gasteiger partial charge is 0.508 e. The van der Waals surface area contributed by atoms with Crippen molar-refractivity contribution in [3.05, 3.63) is 47.5 Å². The number of aromatic nitrogens is 2. The van der Waals surface area contributed by atoms with Crippen LogP contribution < -0.4 is 0 Å². The Balaban J connectivity index is 1.50. The molecule has 0 radical (unpaired) electrons. The number of aromatic hydroxyl groups is 1. The van der Waals surface area contributed by atoms with E-state index in [1.54, 1.807) is 23.1 Å². The minimum Gasteiger partial charge on any atom is -0.508 e. The molecule has 28 heavy (non-hydrogen) atoms. The first-order valence-electron chi connectivity index (χ1n) is 9.49. The fourth-order valence-electron chi connectivity index (χ4n) is 3.88. The quantitative estimate of drug-likeness (QED) is 0.844. The monoisotopic (exact) mass is 393 g/mol. The maximum absolute atomic E-state index is 13.2. The van der Waals surface area contributed by atoms with Crippen LogP contribution >= 0.6 is 0 Å². The van der Waals surface area contributed by atoms with Crippen LogP contribution in [0.4, 0.5) is 13.2 Å². The van der Waals surface area contributed by atoms with Crippen LogP contribution in [0.25, 0.3) is 0 Å². The third-order valence-electron chi connectivity index (χ3n) is 5.47. The second kappa shape index (κ2) is 7.14. The molecule has 1 N–H and O–H groups in total. The zero-order valence-corrected chi connectivity index (χ0v) is 15.3. The predicted molar refractivity (Wildman–Crippen MR) is 95.3 cm³/mol. The third-order valence-corrected chi connectivity index (χ3v) is 5.47. The lowest BCUT2D eigenvalue weighted by molar-refractivity contribution is -0.147. The standard InChI is InChI=1S/C20H22F3N3O2/c21-20(22,23)19-24-10-16-9-15(6-7-26(16)19)18(28)25(11-13-4-5-13)12-14-2-1-3-17(27)8-14/h1-3,8,10,13,15,27H,4-7,9,11-12H2/t15-/m1/s1. The van der Waals surface area contributed by atoms with Crippen molar-refractivity contribution >= 4 is 5.91 Å². The van der Waals surface area contributed by atoms with Crippen LogP contribution in [0.2, 0.25) is 0 Å². The molecule has 1 saturated carbocycles. The Hall–Kier alpha value is -2.51. The number of imidazole rings is 1. The average molecular weight is 393 g/mol. The molecule has 0 bridgehead atoms. The van der Waals surface area contributed by atoms with Gasteiger partial charge in [0.1, 0.15) is 5.75 Å². The van der Waals surface area contributed by atoms with Crippen molar-refractivity contribution in [1.82, 2.24) is 14.5 Å². The predicted octanol–water partition coefficient (Wildman–Crippen LogP) is 3.61. The van der Waals surface area contributed by atoms with Crippen molar-refractivity contribution in [3.8, 4) is 5.75 Å². The molecule has 4 rings (SSSR count). The molecule has 1 aliphatic carbocycles. The molecule has 0 saturated heterocycles. The number of rotatable bonds is 5. The highest BCUT2D eigenvalue weighted by atomic mass is 19.4. The highest BCUT2D eigenvalue weighted by Crippen LogP contribution is 2.34. The first-order chi connectivity index (χ1) is 13.3. The van der Waals surface area contributed by atoms with Gasteiger partial charge in [0.05, 0.1) is 0 Å². The number of halogens is 3. The van der Waals surface area contributed by atoms with Crippen molar-refractivity contribution in [3.63, 3.8) is 0 Å². The maximum Gasteiger partial charge on any atom is 0.449 e. The molecular weight excluding hydrogens is 371 g/mol. The number of benzene rings is 1. The SMILES string of the molecule is O=C([C@@H]1CCn2c(cnc2C(F)(F)F)C1)N(Cc1cccc(O)c1)CC1CC1. The summed E-state index contributed by atoms with van der Waals surface area (Å²) in [5.74, 6) is -0.620. The summed E-state index contributed by atoms with van der Waals surface area (Å²) < 4.78 is 40.3. The van der Waals surface area contributed by atoms with Crippen LogP contribution in [-0.4, -0.2) is 32.0 Å². The Labute approximate surface area is 160 Å². The van der Waals surface area contributed by atoms with E-state index >= 15 is 0 Å². The van der Waals surface area contributed by atoms with Gasteiger partial charge in [-0.1, -0.05) is 12.1 Å². The van der Waals surface area contributed by atoms with Crippen molar-refractivity contribution in [2.75, 3.05) is 6.54 Å². The molecule has 1 aromatic carbocycles. The minimum absolute atomic E-state index is 0.0312. The topological polar surface area (TPSA) is 58.4 Å². The number of hydrogen-bond acceptors (Lipinski definition) is 3. The van der Waals surface area contributed by atoms with Crippen molar-refractivity contribution in [1.29, 1.82) is 0 Å². The molecule has 1 amide bonds. The fraction of sp³-hybridized carbons (Fsp3) is 0.500. The molecule has 2 heterocycles. The normalized spacial score (nSPS) is 19.3. The number of hydrogen-bond donors (Lipinski definition) is 1. The second-order valence-corrected chi connectivity index (χ2v) is 7.74. The lowest BCUT2D eigenvalue weighted by Gasteiger charge is -2.31. The summed E-state index contributed by atoms with van der Waals surface area (Å²) in [6.07, 6.45) is -0.423. The summed E-state index contributed by atoms with van der Waals surface area (Å²) in [6, 6.07) is 6.82. The number of alkyl halides is 3. The molecule has 1 aromatic heterocycles. The first kappa shape index (κ1) is 18.8. The average Bonchev–Trinajstić information content (AvgIpc) is 3.34. The number of phenolic OH excluding ortho intramolecular Hbond substituents is 1. The van der Waals surface area contributed by atoms with E-state index in [1.807, 2.05) is 6.07 Å². The zero-order valence-electron chi connectivity index (χ0n) is 15.3. The van der Waals surface area contributed by atoms with Crippen LogP contribution in [0.3, 0.4) is 0 Å². The number of carbonyl (C=O) groups excluding carboxylic acids is 1. The molecule has 2 aliphatic rings. The summed E-state index contributed by atoms with van der Waals surface area (Å²) in [6.45, 7) is 1.19. The smallest absolute Gasteiger partial charge is 0.449 e. The molecule has 0 unspecified atom stereocenters. The Morgan fingerprint density at radius 1 is 1.29 bits per heavy atom. The maximum atomic E-state index is 13.2. The van der Waals surface area contributed by atoms with Gasteiger partial charge in [-0.2, -0.15) is 13.2 Å². The van der Waals surface area contributed by atoms with E-state index in [-0.39, 0.29) is 30.5 Å². The van der Waals surface area contributed by atoms with Gasteiger partial charge in [0, 0.05) is 43.9 Å². The lowest BCUT2D eigenvalue weighted by Crippen LogP contribution is -2.40. The molecule has 150 valence electrons. The zero-order chi connectivity index (χ0) is 19.9. The Kier molecular flexibility index (Phi) is 4.81. The summed E-state index contributed by atoms with van der Waals surface area (Å²) in [5.41, 5.74) is 1.30. The summed E-state index contributed by atoms with van der Waals surface area (Å²) >= 11 is 0. The van der Waals surface area contributed by atoms with Gasteiger partial charge in [-0.3, -0.25) is 4.79 Å². The van der Waals surface area contributed by atoms with E-state index in [1.165, 1.54) is 10.8 Å². The van der Waals surface area contributed by atoms with Gasteiger partial charge >= 0.3 is 6.18 Å². The second-order valence-electron chi connectivity index (χ2n) is 7.74. The summed E-state index contributed by atoms with van der Waals surface area (Å²) in [7, 11) is 0. The molecule has 0 spiro atoms. The van der Waals surface area contributed by atoms with Gasteiger partial charge in [0.25, 0.3) is 0 Å². The Morgan fingerprint density at radius 3 is 2.75 bits per heavy atom. The third kappa shape index (κ3) is 4.00. The summed E-state index contributed by atoms with van der Waals surface area (Å²) in [4.78, 5) is 18.5. The molecule has 1 atom stereocenters. The van der Waals surface area contributed by atoms with Gasteiger partial charge < -0.3 is 14.6 Å². The Morgan fingerprint density at radius 2 is 2.07 bits per heavy atom. The van der Waals surface area contributed by atoms with Gasteiger partial charge in [0.15, 0.2) is 0 Å². The van der Waals surface area contributed by atoms with Gasteiger partial charge in [-0.25, -0.2) is 4.98 Å². The fourth-order valence-corrected chi connectivity index (χ4v) is 3.88. The van der Waals surface area contributed by atoms with Gasteiger partial charge in [-0.05, 0) is 42.9 Å². The molecule has 2 aromatic rings. The van der Waals surface area contributed by atoms with E-state index in [0.29, 0.717) is 31.1 Å². The first-order valence-corrected chi connectivity index (χ1v) is 9.49. The van der Waals surface area contributed by atoms with Gasteiger partial charge in [-0.15, -0.1) is 0 Å².